The zero-order valence-corrected chi connectivity index (χ0v) is 15.8. The molecule has 0 unspecified atom stereocenters. The minimum absolute atomic E-state index is 0.198. The van der Waals surface area contributed by atoms with E-state index in [0.29, 0.717) is 18.7 Å². The van der Waals surface area contributed by atoms with Gasteiger partial charge in [0.1, 0.15) is 5.82 Å². The number of fused-ring (bicyclic) bond motifs is 4. The predicted octanol–water partition coefficient (Wildman–Crippen LogP) is 4.48. The normalized spacial score (nSPS) is 17.0. The van der Waals surface area contributed by atoms with Crippen molar-refractivity contribution in [2.75, 3.05) is 18.4 Å². The number of carbonyl (C=O) groups excluding carboxylic acids is 1. The van der Waals surface area contributed by atoms with Crippen molar-refractivity contribution >= 4 is 11.6 Å². The number of nitrogens with one attached hydrogen (secondary N) is 1. The molecule has 1 spiro atoms. The fourth-order valence-corrected chi connectivity index (χ4v) is 4.63. The van der Waals surface area contributed by atoms with Gasteiger partial charge in [-0.2, -0.15) is 0 Å². The molecule has 0 radical (unpaired) electrons. The zero-order chi connectivity index (χ0) is 19.3. The number of likely N-dealkylation sites (tertiary alicyclic amines) is 1. The number of halogens is 1. The van der Waals surface area contributed by atoms with E-state index in [1.54, 1.807) is 24.0 Å². The van der Waals surface area contributed by atoms with E-state index in [1.807, 2.05) is 12.1 Å². The quantitative estimate of drug-likeness (QED) is 0.681. The van der Waals surface area contributed by atoms with Crippen molar-refractivity contribution in [1.82, 2.24) is 9.47 Å². The van der Waals surface area contributed by atoms with Crippen molar-refractivity contribution in [1.29, 1.82) is 0 Å². The van der Waals surface area contributed by atoms with Crippen molar-refractivity contribution in [3.63, 3.8) is 0 Å². The van der Waals surface area contributed by atoms with Crippen LogP contribution in [0, 0.1) is 12.7 Å². The number of hydrogen-bond acceptors (Lipinski definition) is 2. The van der Waals surface area contributed by atoms with Gasteiger partial charge in [0.2, 0.25) is 0 Å². The molecule has 28 heavy (non-hydrogen) atoms. The summed E-state index contributed by atoms with van der Waals surface area (Å²) in [6.07, 6.45) is 3.66. The number of aryl methyl sites for hydroxylation is 1. The van der Waals surface area contributed by atoms with Crippen LogP contribution in [0.5, 0.6) is 0 Å². The van der Waals surface area contributed by atoms with Crippen LogP contribution in [0.15, 0.2) is 60.8 Å². The van der Waals surface area contributed by atoms with E-state index < -0.39 is 5.82 Å². The van der Waals surface area contributed by atoms with Gasteiger partial charge in [-0.1, -0.05) is 24.3 Å². The maximum atomic E-state index is 14.3. The van der Waals surface area contributed by atoms with Gasteiger partial charge in [-0.15, -0.1) is 0 Å². The van der Waals surface area contributed by atoms with Crippen LogP contribution >= 0.6 is 0 Å². The third-order valence-electron chi connectivity index (χ3n) is 6.12. The van der Waals surface area contributed by atoms with Crippen molar-refractivity contribution in [2.45, 2.75) is 25.3 Å². The molecule has 3 heterocycles. The third kappa shape index (κ3) is 2.46. The molecule has 0 saturated carbocycles. The number of para-hydroxylation sites is 2. The summed E-state index contributed by atoms with van der Waals surface area (Å²) >= 11 is 0. The number of amides is 1. The summed E-state index contributed by atoms with van der Waals surface area (Å²) < 4.78 is 16.5. The molecular formula is C23H22FN3O. The topological polar surface area (TPSA) is 37.3 Å². The number of carbonyl (C=O) groups is 1. The molecule has 2 aliphatic heterocycles. The third-order valence-corrected chi connectivity index (χ3v) is 6.12. The second-order valence-corrected chi connectivity index (χ2v) is 7.71. The van der Waals surface area contributed by atoms with Crippen LogP contribution in [-0.2, 0) is 5.54 Å². The standard InChI is InChI=1S/C23H22FN3O/c1-16-6-4-7-17(24)21(16)22(28)26-14-11-23(12-15-26)20-10-5-13-27(20)19-9-3-2-8-18(19)25-23/h2-10,13,25H,11-12,14-15H2,1H3. The summed E-state index contributed by atoms with van der Waals surface area (Å²) in [6.45, 7) is 2.97. The lowest BCUT2D eigenvalue weighted by Crippen LogP contribution is -2.51. The summed E-state index contributed by atoms with van der Waals surface area (Å²) in [6, 6.07) is 17.3. The number of rotatable bonds is 1. The van der Waals surface area contributed by atoms with E-state index >= 15 is 0 Å². The van der Waals surface area contributed by atoms with Crippen LogP contribution < -0.4 is 5.32 Å². The molecule has 3 aromatic rings. The molecule has 1 fully saturated rings. The lowest BCUT2D eigenvalue weighted by Gasteiger charge is -2.46. The first-order valence-corrected chi connectivity index (χ1v) is 9.69. The van der Waals surface area contributed by atoms with Crippen molar-refractivity contribution in [3.05, 3.63) is 83.4 Å². The summed E-state index contributed by atoms with van der Waals surface area (Å²) in [5.41, 5.74) is 4.15. The molecular weight excluding hydrogens is 353 g/mol. The molecule has 1 amide bonds. The first-order valence-electron chi connectivity index (χ1n) is 9.69. The van der Waals surface area contributed by atoms with Gasteiger partial charge in [-0.05, 0) is 55.7 Å². The smallest absolute Gasteiger partial charge is 0.257 e. The van der Waals surface area contributed by atoms with Gasteiger partial charge in [0, 0.05) is 25.0 Å². The second-order valence-electron chi connectivity index (χ2n) is 7.71. The van der Waals surface area contributed by atoms with Gasteiger partial charge >= 0.3 is 0 Å². The van der Waals surface area contributed by atoms with Crippen molar-refractivity contribution in [2.24, 2.45) is 0 Å². The Labute approximate surface area is 163 Å². The molecule has 1 saturated heterocycles. The number of aromatic nitrogens is 1. The van der Waals surface area contributed by atoms with Gasteiger partial charge in [-0.3, -0.25) is 4.79 Å². The average Bonchev–Trinajstić information content (AvgIpc) is 3.20. The molecule has 4 nitrogen and oxygen atoms in total. The van der Waals surface area contributed by atoms with Crippen LogP contribution in [-0.4, -0.2) is 28.5 Å². The Bertz CT molecular complexity index is 1040. The average molecular weight is 375 g/mol. The summed E-state index contributed by atoms with van der Waals surface area (Å²) in [5, 5.41) is 3.74. The molecule has 0 atom stereocenters. The van der Waals surface area contributed by atoms with Gasteiger partial charge < -0.3 is 14.8 Å². The Morgan fingerprint density at radius 3 is 2.61 bits per heavy atom. The summed E-state index contributed by atoms with van der Waals surface area (Å²) in [5.74, 6) is -0.652. The van der Waals surface area contributed by atoms with Crippen molar-refractivity contribution < 1.29 is 9.18 Å². The van der Waals surface area contributed by atoms with E-state index in [4.69, 9.17) is 0 Å². The number of piperidine rings is 1. The molecule has 0 aliphatic carbocycles. The van der Waals surface area contributed by atoms with E-state index in [-0.39, 0.29) is 17.0 Å². The lowest BCUT2D eigenvalue weighted by molar-refractivity contribution is 0.0671. The minimum Gasteiger partial charge on any atom is -0.372 e. The largest absolute Gasteiger partial charge is 0.372 e. The molecule has 2 aromatic carbocycles. The lowest BCUT2D eigenvalue weighted by atomic mass is 9.82. The van der Waals surface area contributed by atoms with Gasteiger partial charge in [0.15, 0.2) is 0 Å². The second kappa shape index (κ2) is 6.23. The molecule has 142 valence electrons. The molecule has 1 aromatic heterocycles. The highest BCUT2D eigenvalue weighted by Crippen LogP contribution is 2.43. The van der Waals surface area contributed by atoms with E-state index in [0.717, 1.165) is 24.2 Å². The minimum atomic E-state index is -0.441. The Kier molecular flexibility index (Phi) is 3.79. The highest BCUT2D eigenvalue weighted by molar-refractivity contribution is 5.96. The first kappa shape index (κ1) is 17.0. The molecule has 5 rings (SSSR count). The Morgan fingerprint density at radius 1 is 1.04 bits per heavy atom. The van der Waals surface area contributed by atoms with Crippen LogP contribution in [0.4, 0.5) is 10.1 Å². The van der Waals surface area contributed by atoms with E-state index in [1.165, 1.54) is 11.8 Å². The van der Waals surface area contributed by atoms with Crippen LogP contribution in [0.3, 0.4) is 0 Å². The predicted molar refractivity (Wildman–Crippen MR) is 107 cm³/mol. The maximum absolute atomic E-state index is 14.3. The van der Waals surface area contributed by atoms with Crippen molar-refractivity contribution in [3.8, 4) is 5.69 Å². The Hall–Kier alpha value is -3.08. The number of benzene rings is 2. The molecule has 2 aliphatic rings. The number of hydrogen-bond donors (Lipinski definition) is 1. The Morgan fingerprint density at radius 2 is 1.82 bits per heavy atom. The van der Waals surface area contributed by atoms with Gasteiger partial charge in [-0.25, -0.2) is 4.39 Å². The molecule has 0 bridgehead atoms. The molecule has 5 heteroatoms. The fourth-order valence-electron chi connectivity index (χ4n) is 4.63. The first-order chi connectivity index (χ1) is 13.6. The molecule has 1 N–H and O–H groups in total. The highest BCUT2D eigenvalue weighted by Gasteiger charge is 2.42. The highest BCUT2D eigenvalue weighted by atomic mass is 19.1. The van der Waals surface area contributed by atoms with Crippen LogP contribution in [0.2, 0.25) is 0 Å². The fraction of sp³-hybridized carbons (Fsp3) is 0.261. The zero-order valence-electron chi connectivity index (χ0n) is 15.8. The summed E-state index contributed by atoms with van der Waals surface area (Å²) in [4.78, 5) is 14.8. The Balaban J connectivity index is 1.43. The monoisotopic (exact) mass is 375 g/mol. The maximum Gasteiger partial charge on any atom is 0.257 e. The van der Waals surface area contributed by atoms with Crippen LogP contribution in [0.1, 0.15) is 34.5 Å². The van der Waals surface area contributed by atoms with E-state index in [2.05, 4.69) is 40.3 Å². The van der Waals surface area contributed by atoms with Gasteiger partial charge in [0.25, 0.3) is 5.91 Å². The SMILES string of the molecule is Cc1cccc(F)c1C(=O)N1CCC2(CC1)Nc1ccccc1-n1cccc12. The van der Waals surface area contributed by atoms with Crippen LogP contribution in [0.25, 0.3) is 5.69 Å². The number of anilines is 1. The van der Waals surface area contributed by atoms with Gasteiger partial charge in [0.05, 0.1) is 22.5 Å². The number of nitrogens with zero attached hydrogens (tertiary/aromatic N) is 2. The van der Waals surface area contributed by atoms with E-state index in [9.17, 15) is 9.18 Å². The summed E-state index contributed by atoms with van der Waals surface area (Å²) in [7, 11) is 0.